The minimum Gasteiger partial charge on any atom is -0.343 e. The van der Waals surface area contributed by atoms with Gasteiger partial charge < -0.3 is 10.2 Å². The van der Waals surface area contributed by atoms with Gasteiger partial charge in [0.1, 0.15) is 0 Å². The van der Waals surface area contributed by atoms with Gasteiger partial charge in [-0.2, -0.15) is 0 Å². The predicted octanol–water partition coefficient (Wildman–Crippen LogP) is 1.95. The number of hydrogen-bond acceptors (Lipinski definition) is 2. The number of fused-ring (bicyclic) bond motifs is 1. The van der Waals surface area contributed by atoms with Crippen molar-refractivity contribution in [2.45, 2.75) is 25.2 Å². The molecule has 1 fully saturated rings. The molecule has 1 saturated heterocycles. The number of carbonyl (C=O) groups excluding carboxylic acids is 2. The molecule has 2 aliphatic rings. The van der Waals surface area contributed by atoms with Crippen LogP contribution in [0.2, 0.25) is 0 Å². The number of likely N-dealkylation sites (tertiary alicyclic amines) is 1. The van der Waals surface area contributed by atoms with Crippen molar-refractivity contribution < 1.29 is 9.59 Å². The molecule has 5 heteroatoms. The molecule has 120 valence electrons. The van der Waals surface area contributed by atoms with Gasteiger partial charge in [-0.1, -0.05) is 24.1 Å². The van der Waals surface area contributed by atoms with Gasteiger partial charge in [-0.15, -0.1) is 6.42 Å². The van der Waals surface area contributed by atoms with E-state index in [0.29, 0.717) is 13.0 Å². The number of para-hydroxylation sites is 1. The maximum atomic E-state index is 12.3. The van der Waals surface area contributed by atoms with Crippen LogP contribution in [0.5, 0.6) is 0 Å². The van der Waals surface area contributed by atoms with E-state index >= 15 is 0 Å². The molecule has 0 aliphatic carbocycles. The lowest BCUT2D eigenvalue weighted by molar-refractivity contribution is -0.127. The van der Waals surface area contributed by atoms with Gasteiger partial charge in [-0.25, -0.2) is 4.79 Å². The maximum Gasteiger partial charge on any atom is 0.322 e. The third-order valence-corrected chi connectivity index (χ3v) is 4.58. The van der Waals surface area contributed by atoms with Crippen LogP contribution in [-0.4, -0.2) is 43.0 Å². The zero-order valence-electron chi connectivity index (χ0n) is 13.1. The summed E-state index contributed by atoms with van der Waals surface area (Å²) in [6.07, 6.45) is 7.71. The number of urea groups is 1. The Morgan fingerprint density at radius 1 is 1.39 bits per heavy atom. The first-order chi connectivity index (χ1) is 11.2. The van der Waals surface area contributed by atoms with E-state index < -0.39 is 0 Å². The normalized spacial score (nSPS) is 19.6. The SMILES string of the molecule is C#CCNC(=O)N1CC(CCN2CCCC2=O)c2ccccc21. The maximum absolute atomic E-state index is 12.3. The lowest BCUT2D eigenvalue weighted by Gasteiger charge is -2.20. The summed E-state index contributed by atoms with van der Waals surface area (Å²) in [6, 6.07) is 7.81. The minimum atomic E-state index is -0.157. The summed E-state index contributed by atoms with van der Waals surface area (Å²) >= 11 is 0. The Kier molecular flexibility index (Phi) is 4.52. The number of rotatable bonds is 4. The Morgan fingerprint density at radius 3 is 2.96 bits per heavy atom. The summed E-state index contributed by atoms with van der Waals surface area (Å²) in [4.78, 5) is 27.7. The molecule has 0 spiro atoms. The molecule has 0 saturated carbocycles. The average Bonchev–Trinajstić information content (AvgIpc) is 3.14. The van der Waals surface area contributed by atoms with Crippen molar-refractivity contribution in [3.63, 3.8) is 0 Å². The van der Waals surface area contributed by atoms with Crippen molar-refractivity contribution in [2.75, 3.05) is 31.1 Å². The first-order valence-electron chi connectivity index (χ1n) is 8.06. The Hall–Kier alpha value is -2.48. The smallest absolute Gasteiger partial charge is 0.322 e. The van der Waals surface area contributed by atoms with Gasteiger partial charge in [0.05, 0.1) is 6.54 Å². The average molecular weight is 311 g/mol. The third-order valence-electron chi connectivity index (χ3n) is 4.58. The fraction of sp³-hybridized carbons (Fsp3) is 0.444. The number of benzene rings is 1. The van der Waals surface area contributed by atoms with Gasteiger partial charge >= 0.3 is 6.03 Å². The molecule has 2 aliphatic heterocycles. The lowest BCUT2D eigenvalue weighted by Crippen LogP contribution is -2.39. The molecular formula is C18H21N3O2. The van der Waals surface area contributed by atoms with E-state index in [9.17, 15) is 9.59 Å². The standard InChI is InChI=1S/C18H21N3O2/c1-2-10-19-18(23)21-13-14(15-6-3-4-7-16(15)21)9-12-20-11-5-8-17(20)22/h1,3-4,6-7,14H,5,8-13H2,(H,19,23). The van der Waals surface area contributed by atoms with Crippen LogP contribution in [0.1, 0.15) is 30.7 Å². The van der Waals surface area contributed by atoms with E-state index in [2.05, 4.69) is 17.3 Å². The molecule has 1 unspecified atom stereocenters. The van der Waals surface area contributed by atoms with Crippen molar-refractivity contribution in [3.05, 3.63) is 29.8 Å². The second-order valence-corrected chi connectivity index (χ2v) is 6.00. The second-order valence-electron chi connectivity index (χ2n) is 6.00. The highest BCUT2D eigenvalue weighted by atomic mass is 16.2. The van der Waals surface area contributed by atoms with E-state index in [1.165, 1.54) is 5.56 Å². The summed E-state index contributed by atoms with van der Waals surface area (Å²) in [5, 5.41) is 2.73. The van der Waals surface area contributed by atoms with E-state index in [4.69, 9.17) is 6.42 Å². The third kappa shape index (κ3) is 3.16. The first-order valence-corrected chi connectivity index (χ1v) is 8.06. The van der Waals surface area contributed by atoms with Crippen molar-refractivity contribution >= 4 is 17.6 Å². The summed E-state index contributed by atoms with van der Waals surface area (Å²) in [5.41, 5.74) is 2.12. The fourth-order valence-electron chi connectivity index (χ4n) is 3.41. The van der Waals surface area contributed by atoms with Crippen LogP contribution in [0.25, 0.3) is 0 Å². The van der Waals surface area contributed by atoms with Crippen molar-refractivity contribution in [2.24, 2.45) is 0 Å². The van der Waals surface area contributed by atoms with Crippen molar-refractivity contribution in [3.8, 4) is 12.3 Å². The van der Waals surface area contributed by atoms with Crippen LogP contribution >= 0.6 is 0 Å². The molecule has 1 aromatic rings. The molecule has 0 bridgehead atoms. The van der Waals surface area contributed by atoms with E-state index in [-0.39, 0.29) is 24.4 Å². The highest BCUT2D eigenvalue weighted by Crippen LogP contribution is 2.38. The van der Waals surface area contributed by atoms with Crippen LogP contribution in [0.15, 0.2) is 24.3 Å². The number of carbonyl (C=O) groups is 2. The zero-order valence-corrected chi connectivity index (χ0v) is 13.1. The highest BCUT2D eigenvalue weighted by Gasteiger charge is 2.32. The van der Waals surface area contributed by atoms with Crippen molar-refractivity contribution in [1.29, 1.82) is 0 Å². The van der Waals surface area contributed by atoms with Crippen LogP contribution in [0.3, 0.4) is 0 Å². The van der Waals surface area contributed by atoms with Gasteiger partial charge in [0.25, 0.3) is 0 Å². The topological polar surface area (TPSA) is 52.7 Å². The van der Waals surface area contributed by atoms with Gasteiger partial charge in [0.15, 0.2) is 0 Å². The van der Waals surface area contributed by atoms with E-state index in [1.807, 2.05) is 23.1 Å². The van der Waals surface area contributed by atoms with E-state index in [0.717, 1.165) is 31.6 Å². The van der Waals surface area contributed by atoms with Gasteiger partial charge in [-0.05, 0) is 24.5 Å². The van der Waals surface area contributed by atoms with E-state index in [1.54, 1.807) is 4.90 Å². The van der Waals surface area contributed by atoms with Crippen LogP contribution in [0, 0.1) is 12.3 Å². The molecule has 1 N–H and O–H groups in total. The van der Waals surface area contributed by atoms with Crippen molar-refractivity contribution in [1.82, 2.24) is 10.2 Å². The summed E-state index contributed by atoms with van der Waals surface area (Å²) < 4.78 is 0. The van der Waals surface area contributed by atoms with Gasteiger partial charge in [0.2, 0.25) is 5.91 Å². The summed E-state index contributed by atoms with van der Waals surface area (Å²) in [7, 11) is 0. The molecule has 2 heterocycles. The van der Waals surface area contributed by atoms with Gasteiger partial charge in [0, 0.05) is 37.7 Å². The number of anilines is 1. The molecule has 3 amide bonds. The second kappa shape index (κ2) is 6.74. The molecule has 5 nitrogen and oxygen atoms in total. The number of terminal acetylenes is 1. The lowest BCUT2D eigenvalue weighted by atomic mass is 9.98. The Morgan fingerprint density at radius 2 is 2.22 bits per heavy atom. The largest absolute Gasteiger partial charge is 0.343 e. The number of nitrogens with one attached hydrogen (secondary N) is 1. The Bertz CT molecular complexity index is 650. The fourth-order valence-corrected chi connectivity index (χ4v) is 3.41. The first kappa shape index (κ1) is 15.4. The highest BCUT2D eigenvalue weighted by molar-refractivity contribution is 5.94. The van der Waals surface area contributed by atoms with Crippen LogP contribution in [-0.2, 0) is 4.79 Å². The molecule has 1 atom stereocenters. The molecule has 3 rings (SSSR count). The number of nitrogens with zero attached hydrogens (tertiary/aromatic N) is 2. The van der Waals surface area contributed by atoms with Crippen LogP contribution in [0.4, 0.5) is 10.5 Å². The van der Waals surface area contributed by atoms with Crippen LogP contribution < -0.4 is 10.2 Å². The number of hydrogen-bond donors (Lipinski definition) is 1. The minimum absolute atomic E-state index is 0.157. The van der Waals surface area contributed by atoms with Gasteiger partial charge in [-0.3, -0.25) is 9.69 Å². The Labute approximate surface area is 136 Å². The molecule has 0 radical (unpaired) electrons. The monoisotopic (exact) mass is 311 g/mol. The summed E-state index contributed by atoms with van der Waals surface area (Å²) in [6.45, 7) is 2.49. The molecule has 23 heavy (non-hydrogen) atoms. The quantitative estimate of drug-likeness (QED) is 0.864. The summed E-state index contributed by atoms with van der Waals surface area (Å²) in [5.74, 6) is 2.93. The number of amides is 3. The predicted molar refractivity (Wildman–Crippen MR) is 89.2 cm³/mol. The molecule has 0 aromatic heterocycles. The molecule has 1 aromatic carbocycles. The zero-order chi connectivity index (χ0) is 16.2. The molecular weight excluding hydrogens is 290 g/mol. The Balaban J connectivity index is 1.69.